The lowest BCUT2D eigenvalue weighted by molar-refractivity contribution is -0.730. The highest BCUT2D eigenvalue weighted by Crippen LogP contribution is 2.22. The van der Waals surface area contributed by atoms with Crippen molar-refractivity contribution in [2.45, 2.75) is 19.4 Å². The quantitative estimate of drug-likeness (QED) is 0.443. The molecule has 0 unspecified atom stereocenters. The summed E-state index contributed by atoms with van der Waals surface area (Å²) in [6.07, 6.45) is 0. The summed E-state index contributed by atoms with van der Waals surface area (Å²) in [6.45, 7) is 2.68. The maximum atomic E-state index is 12.4. The maximum Gasteiger partial charge on any atom is 0.346 e. The lowest BCUT2D eigenvalue weighted by atomic mass is 10.0. The van der Waals surface area contributed by atoms with Gasteiger partial charge in [0, 0.05) is 16.1 Å². The van der Waals surface area contributed by atoms with Crippen molar-refractivity contribution < 1.29 is 24.3 Å². The molecule has 7 nitrogen and oxygen atoms in total. The van der Waals surface area contributed by atoms with Gasteiger partial charge in [0.1, 0.15) is 5.75 Å². The van der Waals surface area contributed by atoms with Crippen LogP contribution in [0.5, 0.6) is 5.75 Å². The number of halogens is 1. The molecule has 0 bridgehead atoms. The molecule has 2 rings (SSSR count). The zero-order valence-corrected chi connectivity index (χ0v) is 14.1. The van der Waals surface area contributed by atoms with E-state index in [4.69, 9.17) is 16.3 Å². The van der Waals surface area contributed by atoms with Crippen LogP contribution in [0.4, 0.5) is 0 Å². The summed E-state index contributed by atoms with van der Waals surface area (Å²) in [6, 6.07) is 12.5. The Balaban J connectivity index is 2.11. The smallest absolute Gasteiger partial charge is 0.346 e. The Morgan fingerprint density at radius 3 is 1.96 bits per heavy atom. The van der Waals surface area contributed by atoms with Crippen LogP contribution in [0.25, 0.3) is 0 Å². The number of hydrogen-bond donors (Lipinski definition) is 0. The van der Waals surface area contributed by atoms with Crippen molar-refractivity contribution in [3.63, 3.8) is 0 Å². The first-order valence-corrected chi connectivity index (χ1v) is 7.53. The van der Waals surface area contributed by atoms with Gasteiger partial charge in [-0.3, -0.25) is 9.59 Å². The van der Waals surface area contributed by atoms with Gasteiger partial charge in [-0.05, 0) is 62.4 Å². The largest absolute Gasteiger partial charge is 0.478 e. The zero-order chi connectivity index (χ0) is 18.6. The summed E-state index contributed by atoms with van der Waals surface area (Å²) in [4.78, 5) is 38.1. The second kappa shape index (κ2) is 7.31. The molecular formula is C17H14ClNO6. The summed E-state index contributed by atoms with van der Waals surface area (Å²) >= 11 is 5.79. The molecular weight excluding hydrogens is 350 g/mol. The Morgan fingerprint density at radius 1 is 1.00 bits per heavy atom. The Kier molecular flexibility index (Phi) is 5.38. The first-order valence-electron chi connectivity index (χ1n) is 7.15. The first kappa shape index (κ1) is 18.4. The highest BCUT2D eigenvalue weighted by molar-refractivity contribution is 6.30. The monoisotopic (exact) mass is 363 g/mol. The number of nitrogens with zero attached hydrogens (tertiary/aromatic N) is 1. The van der Waals surface area contributed by atoms with Gasteiger partial charge in [0.15, 0.2) is 11.4 Å². The molecule has 25 heavy (non-hydrogen) atoms. The summed E-state index contributed by atoms with van der Waals surface area (Å²) in [7, 11) is 0. The van der Waals surface area contributed by atoms with Gasteiger partial charge < -0.3 is 4.74 Å². The average Bonchev–Trinajstić information content (AvgIpc) is 2.54. The lowest BCUT2D eigenvalue weighted by Crippen LogP contribution is -2.40. The van der Waals surface area contributed by atoms with E-state index in [2.05, 4.69) is 4.84 Å². The minimum atomic E-state index is -1.56. The standard InChI is InChI=1S/C17H14ClNO6/c1-17(2,16(21)25-19(22)23)24-14-9-5-12(6-10-14)15(20)11-3-7-13(18)8-4-11/h3-10H,1-2H3. The molecule has 0 aliphatic heterocycles. The van der Waals surface area contributed by atoms with E-state index in [1.54, 1.807) is 24.3 Å². The molecule has 0 heterocycles. The van der Waals surface area contributed by atoms with Crippen LogP contribution in [-0.4, -0.2) is 22.4 Å². The van der Waals surface area contributed by atoms with Gasteiger partial charge in [-0.2, -0.15) is 0 Å². The molecule has 8 heteroatoms. The van der Waals surface area contributed by atoms with Gasteiger partial charge in [0.05, 0.1) is 0 Å². The maximum absolute atomic E-state index is 12.4. The molecule has 0 atom stereocenters. The Bertz CT molecular complexity index is 799. The number of ether oxygens (including phenoxy) is 1. The van der Waals surface area contributed by atoms with Gasteiger partial charge in [-0.25, -0.2) is 4.84 Å². The zero-order valence-electron chi connectivity index (χ0n) is 13.4. The van der Waals surface area contributed by atoms with E-state index in [1.807, 2.05) is 0 Å². The van der Waals surface area contributed by atoms with Crippen LogP contribution in [0.15, 0.2) is 48.5 Å². The van der Waals surface area contributed by atoms with Crippen LogP contribution in [0, 0.1) is 10.1 Å². The predicted octanol–water partition coefficient (Wildman–Crippen LogP) is 3.46. The molecule has 0 fully saturated rings. The lowest BCUT2D eigenvalue weighted by Gasteiger charge is -2.23. The molecule has 0 spiro atoms. The molecule has 0 saturated heterocycles. The summed E-state index contributed by atoms with van der Waals surface area (Å²) in [5.74, 6) is -1.08. The van der Waals surface area contributed by atoms with E-state index in [-0.39, 0.29) is 11.5 Å². The van der Waals surface area contributed by atoms with Crippen molar-refractivity contribution in [3.05, 3.63) is 74.8 Å². The van der Waals surface area contributed by atoms with Gasteiger partial charge >= 0.3 is 11.1 Å². The number of ketones is 1. The van der Waals surface area contributed by atoms with Crippen LogP contribution in [0.3, 0.4) is 0 Å². The minimum absolute atomic E-state index is 0.199. The van der Waals surface area contributed by atoms with Crippen molar-refractivity contribution in [1.29, 1.82) is 0 Å². The van der Waals surface area contributed by atoms with Gasteiger partial charge in [-0.1, -0.05) is 11.6 Å². The van der Waals surface area contributed by atoms with Crippen LogP contribution in [0.1, 0.15) is 29.8 Å². The van der Waals surface area contributed by atoms with Gasteiger partial charge in [-0.15, -0.1) is 10.1 Å². The number of carbonyl (C=O) groups is 2. The molecule has 0 N–H and O–H groups in total. The van der Waals surface area contributed by atoms with Crippen molar-refractivity contribution >= 4 is 23.4 Å². The first-order chi connectivity index (χ1) is 11.7. The van der Waals surface area contributed by atoms with Crippen molar-refractivity contribution in [1.82, 2.24) is 0 Å². The Labute approximate surface area is 148 Å². The molecule has 130 valence electrons. The molecule has 0 aromatic heterocycles. The average molecular weight is 364 g/mol. The van der Waals surface area contributed by atoms with Crippen molar-refractivity contribution in [2.24, 2.45) is 0 Å². The van der Waals surface area contributed by atoms with E-state index in [9.17, 15) is 19.7 Å². The van der Waals surface area contributed by atoms with Gasteiger partial charge in [0.2, 0.25) is 0 Å². The fourth-order valence-corrected chi connectivity index (χ4v) is 2.08. The Morgan fingerprint density at radius 2 is 1.48 bits per heavy atom. The molecule has 0 aliphatic carbocycles. The fourth-order valence-electron chi connectivity index (χ4n) is 1.96. The number of carbonyl (C=O) groups excluding carboxylic acids is 2. The van der Waals surface area contributed by atoms with Crippen LogP contribution < -0.4 is 4.74 Å². The van der Waals surface area contributed by atoms with Crippen molar-refractivity contribution in [3.8, 4) is 5.75 Å². The number of hydrogen-bond acceptors (Lipinski definition) is 6. The van der Waals surface area contributed by atoms with E-state index in [0.717, 1.165) is 0 Å². The Hall–Kier alpha value is -2.93. The number of benzene rings is 2. The highest BCUT2D eigenvalue weighted by atomic mass is 35.5. The predicted molar refractivity (Wildman–Crippen MR) is 89.1 cm³/mol. The van der Waals surface area contributed by atoms with Crippen LogP contribution in [-0.2, 0) is 9.63 Å². The fraction of sp³-hybridized carbons (Fsp3) is 0.176. The van der Waals surface area contributed by atoms with Gasteiger partial charge in [0.25, 0.3) is 0 Å². The normalized spacial score (nSPS) is 10.8. The third-order valence-electron chi connectivity index (χ3n) is 3.24. The number of rotatable bonds is 6. The van der Waals surface area contributed by atoms with E-state index in [1.165, 1.54) is 38.1 Å². The highest BCUT2D eigenvalue weighted by Gasteiger charge is 2.33. The third-order valence-corrected chi connectivity index (χ3v) is 3.50. The SMILES string of the molecule is CC(C)(Oc1ccc(C(=O)c2ccc(Cl)cc2)cc1)C(=O)O[N+](=O)[O-]. The molecule has 2 aromatic carbocycles. The van der Waals surface area contributed by atoms with E-state index >= 15 is 0 Å². The molecule has 0 radical (unpaired) electrons. The second-order valence-corrected chi connectivity index (χ2v) is 6.01. The molecule has 2 aromatic rings. The topological polar surface area (TPSA) is 95.7 Å². The van der Waals surface area contributed by atoms with Crippen LogP contribution in [0.2, 0.25) is 5.02 Å². The molecule has 0 amide bonds. The van der Waals surface area contributed by atoms with E-state index < -0.39 is 16.7 Å². The summed E-state index contributed by atoms with van der Waals surface area (Å²) in [5.41, 5.74) is -0.664. The minimum Gasteiger partial charge on any atom is -0.478 e. The molecule has 0 aliphatic rings. The second-order valence-electron chi connectivity index (χ2n) is 5.58. The van der Waals surface area contributed by atoms with E-state index in [0.29, 0.717) is 16.1 Å². The molecule has 0 saturated carbocycles. The van der Waals surface area contributed by atoms with Crippen LogP contribution >= 0.6 is 11.6 Å². The summed E-state index contributed by atoms with van der Waals surface area (Å²) in [5, 5.41) is 9.58. The van der Waals surface area contributed by atoms with Crippen molar-refractivity contribution in [2.75, 3.05) is 0 Å². The summed E-state index contributed by atoms with van der Waals surface area (Å²) < 4.78 is 5.41. The third kappa shape index (κ3) is 4.77.